The van der Waals surface area contributed by atoms with Crippen molar-refractivity contribution in [1.29, 1.82) is 0 Å². The van der Waals surface area contributed by atoms with E-state index < -0.39 is 0 Å². The molecule has 4 aliphatic heterocycles. The number of carbonyl (C=O) groups is 1. The summed E-state index contributed by atoms with van der Waals surface area (Å²) in [6.07, 6.45) is 1.15. The summed E-state index contributed by atoms with van der Waals surface area (Å²) in [5, 5.41) is 0. The molecule has 0 unspecified atom stereocenters. The fraction of sp³-hybridized carbons (Fsp3) is 0.923. The van der Waals surface area contributed by atoms with Gasteiger partial charge in [0.15, 0.2) is 0 Å². The molecule has 4 heterocycles. The van der Waals surface area contributed by atoms with Crippen LogP contribution in [0.1, 0.15) is 27.2 Å². The number of nitrogens with zero attached hydrogens (tertiary/aromatic N) is 2. The molecular weight excluding hydrogens is 216 g/mol. The van der Waals surface area contributed by atoms with Crippen molar-refractivity contribution in [2.45, 2.75) is 38.8 Å². The molecule has 0 aromatic heterocycles. The van der Waals surface area contributed by atoms with E-state index in [4.69, 9.17) is 4.74 Å². The molecule has 4 atom stereocenters. The lowest BCUT2D eigenvalue weighted by atomic mass is 9.80. The highest BCUT2D eigenvalue weighted by Crippen LogP contribution is 2.41. The molecule has 4 rings (SSSR count). The van der Waals surface area contributed by atoms with Crippen molar-refractivity contribution in [3.8, 4) is 0 Å². The van der Waals surface area contributed by atoms with Crippen molar-refractivity contribution >= 4 is 6.09 Å². The molecule has 4 aliphatic rings. The van der Waals surface area contributed by atoms with Crippen LogP contribution in [0.25, 0.3) is 0 Å². The van der Waals surface area contributed by atoms with Gasteiger partial charge in [0.05, 0.1) is 6.04 Å². The van der Waals surface area contributed by atoms with Crippen molar-refractivity contribution in [3.05, 3.63) is 0 Å². The van der Waals surface area contributed by atoms with Crippen molar-refractivity contribution in [1.82, 2.24) is 9.80 Å². The largest absolute Gasteiger partial charge is 0.444 e. The maximum absolute atomic E-state index is 12.2. The van der Waals surface area contributed by atoms with E-state index in [9.17, 15) is 4.79 Å². The van der Waals surface area contributed by atoms with Gasteiger partial charge in [-0.1, -0.05) is 0 Å². The molecule has 96 valence electrons. The zero-order valence-corrected chi connectivity index (χ0v) is 11.0. The lowest BCUT2D eigenvalue weighted by molar-refractivity contribution is 0.00840. The first-order valence-corrected chi connectivity index (χ1v) is 6.66. The van der Waals surface area contributed by atoms with Crippen LogP contribution < -0.4 is 0 Å². The molecule has 0 radical (unpaired) electrons. The Kier molecular flexibility index (Phi) is 2.41. The number of rotatable bonds is 0. The van der Waals surface area contributed by atoms with Gasteiger partial charge in [-0.25, -0.2) is 4.79 Å². The molecule has 0 N–H and O–H groups in total. The van der Waals surface area contributed by atoms with E-state index >= 15 is 0 Å². The quantitative estimate of drug-likeness (QED) is 0.642. The maximum Gasteiger partial charge on any atom is 0.410 e. The molecule has 0 spiro atoms. The summed E-state index contributed by atoms with van der Waals surface area (Å²) >= 11 is 0. The van der Waals surface area contributed by atoms with Crippen molar-refractivity contribution in [2.24, 2.45) is 11.8 Å². The normalized spacial score (nSPS) is 39.6. The average molecular weight is 238 g/mol. The fourth-order valence-corrected chi connectivity index (χ4v) is 3.64. The molecule has 4 fully saturated rings. The lowest BCUT2D eigenvalue weighted by Crippen LogP contribution is -2.54. The third-order valence-corrected chi connectivity index (χ3v) is 4.28. The standard InChI is InChI=1S/C13H22N2O2/c1-13(2,3)17-12(16)15-7-9-6-14-5-4-10(9)11(15)8-14/h9-11H,4-8H2,1-3H3/t9-,10-,11-/m0/s1. The second-order valence-corrected chi connectivity index (χ2v) is 6.67. The minimum absolute atomic E-state index is 0.112. The lowest BCUT2D eigenvalue weighted by Gasteiger charge is -2.44. The predicted molar refractivity (Wildman–Crippen MR) is 64.8 cm³/mol. The highest BCUT2D eigenvalue weighted by Gasteiger charge is 2.51. The van der Waals surface area contributed by atoms with Gasteiger partial charge in [-0.15, -0.1) is 0 Å². The SMILES string of the molecule is CC(C)(C)OC(=O)N1C[C@@H]2C[N@@]3CC[C@@H]2[C@@H]1C3. The van der Waals surface area contributed by atoms with Crippen molar-refractivity contribution in [2.75, 3.05) is 26.2 Å². The number of carbonyl (C=O) groups excluding carboxylic acids is 1. The van der Waals surface area contributed by atoms with Gasteiger partial charge in [-0.2, -0.15) is 0 Å². The van der Waals surface area contributed by atoms with Crippen molar-refractivity contribution in [3.63, 3.8) is 0 Å². The van der Waals surface area contributed by atoms with E-state index in [0.29, 0.717) is 12.0 Å². The number of fused-ring (bicyclic) bond motifs is 1. The second kappa shape index (κ2) is 3.61. The summed E-state index contributed by atoms with van der Waals surface area (Å²) in [7, 11) is 0. The molecule has 0 aromatic carbocycles. The van der Waals surface area contributed by atoms with E-state index in [0.717, 1.165) is 19.0 Å². The minimum atomic E-state index is -0.382. The van der Waals surface area contributed by atoms with Crippen LogP contribution in [0.15, 0.2) is 0 Å². The average Bonchev–Trinajstić information content (AvgIpc) is 2.49. The van der Waals surface area contributed by atoms with Gasteiger partial charge in [-0.3, -0.25) is 0 Å². The second-order valence-electron chi connectivity index (χ2n) is 6.67. The Morgan fingerprint density at radius 1 is 1.24 bits per heavy atom. The minimum Gasteiger partial charge on any atom is -0.444 e. The molecule has 4 saturated heterocycles. The number of hydrogen-bond donors (Lipinski definition) is 0. The third kappa shape index (κ3) is 1.92. The zero-order chi connectivity index (χ0) is 12.2. The van der Waals surface area contributed by atoms with Crippen LogP contribution in [0.2, 0.25) is 0 Å². The van der Waals surface area contributed by atoms with Crippen LogP contribution in [0, 0.1) is 11.8 Å². The van der Waals surface area contributed by atoms with Gasteiger partial charge in [0, 0.05) is 19.6 Å². The monoisotopic (exact) mass is 238 g/mol. The zero-order valence-electron chi connectivity index (χ0n) is 11.0. The van der Waals surface area contributed by atoms with E-state index in [1.54, 1.807) is 0 Å². The van der Waals surface area contributed by atoms with Crippen LogP contribution in [0.4, 0.5) is 4.79 Å². The number of amides is 1. The first kappa shape index (κ1) is 11.3. The van der Waals surface area contributed by atoms with Crippen molar-refractivity contribution < 1.29 is 9.53 Å². The number of piperidine rings is 3. The first-order valence-electron chi connectivity index (χ1n) is 6.66. The molecule has 17 heavy (non-hydrogen) atoms. The number of hydrogen-bond acceptors (Lipinski definition) is 3. The Labute approximate surface area is 103 Å². The molecule has 0 aliphatic carbocycles. The van der Waals surface area contributed by atoms with Gasteiger partial charge in [0.2, 0.25) is 0 Å². The van der Waals surface area contributed by atoms with E-state index in [1.807, 2.05) is 25.7 Å². The Morgan fingerprint density at radius 2 is 2.00 bits per heavy atom. The van der Waals surface area contributed by atoms with Crippen LogP contribution in [0.5, 0.6) is 0 Å². The van der Waals surface area contributed by atoms with Gasteiger partial charge < -0.3 is 14.5 Å². The Bertz CT molecular complexity index is 337. The summed E-state index contributed by atoms with van der Waals surface area (Å²) in [5.41, 5.74) is -0.382. The topological polar surface area (TPSA) is 32.8 Å². The van der Waals surface area contributed by atoms with Crippen LogP contribution >= 0.6 is 0 Å². The Hall–Kier alpha value is -0.770. The highest BCUT2D eigenvalue weighted by molar-refractivity contribution is 5.69. The first-order chi connectivity index (χ1) is 7.94. The van der Waals surface area contributed by atoms with E-state index in [1.165, 1.54) is 19.5 Å². The molecular formula is C13H22N2O2. The summed E-state index contributed by atoms with van der Waals surface area (Å²) in [4.78, 5) is 16.7. The Morgan fingerprint density at radius 3 is 2.59 bits per heavy atom. The summed E-state index contributed by atoms with van der Waals surface area (Å²) in [6.45, 7) is 10.2. The molecule has 4 nitrogen and oxygen atoms in total. The highest BCUT2D eigenvalue weighted by atomic mass is 16.6. The summed E-state index contributed by atoms with van der Waals surface area (Å²) in [6, 6.07) is 0.414. The van der Waals surface area contributed by atoms with Crippen LogP contribution in [-0.2, 0) is 4.74 Å². The number of ether oxygens (including phenoxy) is 1. The molecule has 0 aromatic rings. The van der Waals surface area contributed by atoms with Gasteiger partial charge in [0.1, 0.15) is 5.60 Å². The predicted octanol–water partition coefficient (Wildman–Crippen LogP) is 1.56. The van der Waals surface area contributed by atoms with Gasteiger partial charge in [0.25, 0.3) is 0 Å². The summed E-state index contributed by atoms with van der Waals surface area (Å²) < 4.78 is 5.51. The molecule has 4 bridgehead atoms. The molecule has 1 amide bonds. The van der Waals surface area contributed by atoms with Gasteiger partial charge >= 0.3 is 6.09 Å². The molecule has 4 heteroatoms. The van der Waals surface area contributed by atoms with Gasteiger partial charge in [-0.05, 0) is 45.6 Å². The Balaban J connectivity index is 1.72. The smallest absolute Gasteiger partial charge is 0.410 e. The molecule has 0 saturated carbocycles. The third-order valence-electron chi connectivity index (χ3n) is 4.28. The van der Waals surface area contributed by atoms with Crippen LogP contribution in [0.3, 0.4) is 0 Å². The van der Waals surface area contributed by atoms with E-state index in [-0.39, 0.29) is 11.7 Å². The van der Waals surface area contributed by atoms with Crippen LogP contribution in [-0.4, -0.2) is 53.7 Å². The summed E-state index contributed by atoms with van der Waals surface area (Å²) in [5.74, 6) is 1.42. The fourth-order valence-electron chi connectivity index (χ4n) is 3.64. The van der Waals surface area contributed by atoms with E-state index in [2.05, 4.69) is 4.90 Å². The number of likely N-dealkylation sites (tertiary alicyclic amines) is 1. The maximum atomic E-state index is 12.2.